The summed E-state index contributed by atoms with van der Waals surface area (Å²) in [6.07, 6.45) is 3.79. The molecule has 0 aliphatic carbocycles. The maximum absolute atomic E-state index is 5.81. The first-order chi connectivity index (χ1) is 9.38. The summed E-state index contributed by atoms with van der Waals surface area (Å²) in [5, 5.41) is 0. The average Bonchev–Trinajstić information content (AvgIpc) is 2.98. The summed E-state index contributed by atoms with van der Waals surface area (Å²) in [7, 11) is 0. The monoisotopic (exact) mass is 268 g/mol. The maximum atomic E-state index is 5.81. The van der Waals surface area contributed by atoms with Gasteiger partial charge in [-0.05, 0) is 17.7 Å². The minimum atomic E-state index is 0.535. The lowest BCUT2D eigenvalue weighted by atomic mass is 10.1. The third kappa shape index (κ3) is 2.40. The highest BCUT2D eigenvalue weighted by atomic mass is 35.5. The van der Waals surface area contributed by atoms with Gasteiger partial charge in [0.15, 0.2) is 0 Å². The Balaban J connectivity index is 2.04. The minimum absolute atomic E-state index is 0.535. The van der Waals surface area contributed by atoms with Gasteiger partial charge < -0.3 is 0 Å². The fourth-order valence-corrected chi connectivity index (χ4v) is 2.24. The van der Waals surface area contributed by atoms with Gasteiger partial charge in [0.1, 0.15) is 5.82 Å². The normalized spacial score (nSPS) is 10.6. The van der Waals surface area contributed by atoms with Crippen LogP contribution in [0.4, 0.5) is 0 Å². The number of imidazole rings is 1. The van der Waals surface area contributed by atoms with Gasteiger partial charge in [-0.3, -0.25) is 4.57 Å². The first-order valence-corrected chi connectivity index (χ1v) is 6.66. The highest BCUT2D eigenvalue weighted by Crippen LogP contribution is 2.22. The molecule has 3 rings (SSSR count). The summed E-state index contributed by atoms with van der Waals surface area (Å²) in [5.74, 6) is 1.47. The van der Waals surface area contributed by atoms with Gasteiger partial charge in [-0.1, -0.05) is 42.5 Å². The number of hydrogen-bond acceptors (Lipinski definition) is 1. The number of nitrogens with zero attached hydrogens (tertiary/aromatic N) is 2. The molecule has 0 atom stereocenters. The second-order valence-corrected chi connectivity index (χ2v) is 4.55. The van der Waals surface area contributed by atoms with Crippen LogP contribution >= 0.6 is 11.6 Å². The number of aromatic nitrogens is 2. The van der Waals surface area contributed by atoms with Crippen LogP contribution in [0.15, 0.2) is 67.0 Å². The summed E-state index contributed by atoms with van der Waals surface area (Å²) < 4.78 is 2.08. The van der Waals surface area contributed by atoms with Crippen LogP contribution in [0.1, 0.15) is 5.56 Å². The summed E-state index contributed by atoms with van der Waals surface area (Å²) in [6, 6.07) is 18.4. The van der Waals surface area contributed by atoms with Gasteiger partial charge in [0.05, 0.1) is 0 Å². The van der Waals surface area contributed by atoms with Crippen LogP contribution in [0.3, 0.4) is 0 Å². The number of para-hydroxylation sites is 1. The van der Waals surface area contributed by atoms with E-state index in [-0.39, 0.29) is 0 Å². The molecule has 1 heterocycles. The van der Waals surface area contributed by atoms with E-state index >= 15 is 0 Å². The molecule has 0 aliphatic heterocycles. The summed E-state index contributed by atoms with van der Waals surface area (Å²) in [4.78, 5) is 4.45. The zero-order valence-electron chi connectivity index (χ0n) is 10.3. The highest BCUT2D eigenvalue weighted by molar-refractivity contribution is 6.17. The molecule has 94 valence electrons. The van der Waals surface area contributed by atoms with Crippen molar-refractivity contribution in [3.8, 4) is 17.1 Å². The number of hydrogen-bond donors (Lipinski definition) is 0. The van der Waals surface area contributed by atoms with E-state index in [1.54, 1.807) is 0 Å². The van der Waals surface area contributed by atoms with Crippen molar-refractivity contribution in [1.82, 2.24) is 9.55 Å². The molecular formula is C16H13ClN2. The maximum Gasteiger partial charge on any atom is 0.144 e. The first kappa shape index (κ1) is 12.0. The lowest BCUT2D eigenvalue weighted by molar-refractivity contribution is 1.07. The zero-order chi connectivity index (χ0) is 13.1. The van der Waals surface area contributed by atoms with Gasteiger partial charge in [-0.25, -0.2) is 4.98 Å². The Kier molecular flexibility index (Phi) is 3.34. The lowest BCUT2D eigenvalue weighted by Gasteiger charge is -2.08. The molecule has 0 aliphatic rings. The third-order valence-corrected chi connectivity index (χ3v) is 3.35. The molecule has 2 aromatic carbocycles. The average molecular weight is 269 g/mol. The van der Waals surface area contributed by atoms with Gasteiger partial charge in [0, 0.05) is 29.5 Å². The topological polar surface area (TPSA) is 17.8 Å². The predicted molar refractivity (Wildman–Crippen MR) is 78.6 cm³/mol. The van der Waals surface area contributed by atoms with Crippen LogP contribution in [-0.2, 0) is 5.88 Å². The van der Waals surface area contributed by atoms with E-state index in [9.17, 15) is 0 Å². The first-order valence-electron chi connectivity index (χ1n) is 6.12. The molecule has 0 radical (unpaired) electrons. The molecule has 0 N–H and O–H groups in total. The van der Waals surface area contributed by atoms with Gasteiger partial charge in [0.25, 0.3) is 0 Å². The van der Waals surface area contributed by atoms with E-state index in [4.69, 9.17) is 11.6 Å². The molecule has 1 aromatic heterocycles. The molecule has 0 unspecified atom stereocenters. The molecule has 0 saturated carbocycles. The largest absolute Gasteiger partial charge is 0.300 e. The summed E-state index contributed by atoms with van der Waals surface area (Å²) >= 11 is 5.81. The molecule has 0 amide bonds. The van der Waals surface area contributed by atoms with Crippen molar-refractivity contribution in [3.63, 3.8) is 0 Å². The molecule has 19 heavy (non-hydrogen) atoms. The van der Waals surface area contributed by atoms with E-state index in [2.05, 4.69) is 33.8 Å². The fraction of sp³-hybridized carbons (Fsp3) is 0.0625. The predicted octanol–water partition coefficient (Wildman–Crippen LogP) is 4.28. The van der Waals surface area contributed by atoms with Gasteiger partial charge in [-0.15, -0.1) is 11.6 Å². The molecule has 3 aromatic rings. The second-order valence-electron chi connectivity index (χ2n) is 4.29. The van der Waals surface area contributed by atoms with E-state index in [1.807, 2.05) is 42.7 Å². The SMILES string of the molecule is ClCc1ccc(-c2nccn2-c2ccccc2)cc1. The van der Waals surface area contributed by atoms with Crippen LogP contribution < -0.4 is 0 Å². The smallest absolute Gasteiger partial charge is 0.144 e. The van der Waals surface area contributed by atoms with E-state index in [0.29, 0.717) is 5.88 Å². The van der Waals surface area contributed by atoms with Gasteiger partial charge >= 0.3 is 0 Å². The molecular weight excluding hydrogens is 256 g/mol. The molecule has 0 saturated heterocycles. The molecule has 0 spiro atoms. The van der Waals surface area contributed by atoms with Crippen molar-refractivity contribution >= 4 is 11.6 Å². The van der Waals surface area contributed by atoms with Crippen molar-refractivity contribution in [2.45, 2.75) is 5.88 Å². The Hall–Kier alpha value is -2.06. The van der Waals surface area contributed by atoms with Crippen LogP contribution in [0, 0.1) is 0 Å². The zero-order valence-corrected chi connectivity index (χ0v) is 11.1. The van der Waals surface area contributed by atoms with Crippen LogP contribution in [-0.4, -0.2) is 9.55 Å². The van der Waals surface area contributed by atoms with E-state index < -0.39 is 0 Å². The Morgan fingerprint density at radius 2 is 1.68 bits per heavy atom. The second kappa shape index (κ2) is 5.29. The van der Waals surface area contributed by atoms with Crippen molar-refractivity contribution in [1.29, 1.82) is 0 Å². The molecule has 0 bridgehead atoms. The van der Waals surface area contributed by atoms with Crippen LogP contribution in [0.5, 0.6) is 0 Å². The van der Waals surface area contributed by atoms with Crippen molar-refractivity contribution in [2.75, 3.05) is 0 Å². The van der Waals surface area contributed by atoms with Crippen LogP contribution in [0.2, 0.25) is 0 Å². The quantitative estimate of drug-likeness (QED) is 0.649. The molecule has 3 heteroatoms. The van der Waals surface area contributed by atoms with Crippen LogP contribution in [0.25, 0.3) is 17.1 Å². The van der Waals surface area contributed by atoms with Gasteiger partial charge in [-0.2, -0.15) is 0 Å². The Labute approximate surface area is 117 Å². The Bertz CT molecular complexity index is 657. The molecule has 0 fully saturated rings. The number of rotatable bonds is 3. The van der Waals surface area contributed by atoms with Crippen molar-refractivity contribution in [2.24, 2.45) is 0 Å². The lowest BCUT2D eigenvalue weighted by Crippen LogP contribution is -1.95. The third-order valence-electron chi connectivity index (χ3n) is 3.04. The standard InChI is InChI=1S/C16H13ClN2/c17-12-13-6-8-14(9-7-13)16-18-10-11-19(16)15-4-2-1-3-5-15/h1-11H,12H2. The number of alkyl halides is 1. The number of benzene rings is 2. The van der Waals surface area contributed by atoms with E-state index in [1.165, 1.54) is 0 Å². The Morgan fingerprint density at radius 3 is 2.37 bits per heavy atom. The summed E-state index contributed by atoms with van der Waals surface area (Å²) in [6.45, 7) is 0. The number of halogens is 1. The minimum Gasteiger partial charge on any atom is -0.300 e. The van der Waals surface area contributed by atoms with Crippen molar-refractivity contribution in [3.05, 3.63) is 72.6 Å². The van der Waals surface area contributed by atoms with Crippen molar-refractivity contribution < 1.29 is 0 Å². The molecule has 2 nitrogen and oxygen atoms in total. The Morgan fingerprint density at radius 1 is 0.947 bits per heavy atom. The highest BCUT2D eigenvalue weighted by Gasteiger charge is 2.07. The van der Waals surface area contributed by atoms with Gasteiger partial charge in [0.2, 0.25) is 0 Å². The summed E-state index contributed by atoms with van der Waals surface area (Å²) in [5.41, 5.74) is 3.31. The fourth-order valence-electron chi connectivity index (χ4n) is 2.06. The van der Waals surface area contributed by atoms with E-state index in [0.717, 1.165) is 22.6 Å².